The van der Waals surface area contributed by atoms with Gasteiger partial charge in [0, 0.05) is 30.6 Å². The number of rotatable bonds is 5. The standard InChI is InChI=1S/C27H23F3N4O2/c28-27(29,30)20-6-1-5-19(16-20)22-8-2-4-18-10-11-23(32-25(18)22)26(35)33-24-9-3-7-21(31-24)17-34-12-14-36-15-13-34/h1-11,16H,12-15,17H2,(H,31,33,35). The molecule has 0 saturated carbocycles. The van der Waals surface area contributed by atoms with E-state index in [1.165, 1.54) is 6.07 Å². The molecule has 6 nitrogen and oxygen atoms in total. The van der Waals surface area contributed by atoms with Crippen molar-refractivity contribution >= 4 is 22.6 Å². The van der Waals surface area contributed by atoms with E-state index in [1.807, 2.05) is 12.1 Å². The number of hydrogen-bond donors (Lipinski definition) is 1. The van der Waals surface area contributed by atoms with E-state index in [-0.39, 0.29) is 5.69 Å². The smallest absolute Gasteiger partial charge is 0.379 e. The van der Waals surface area contributed by atoms with Crippen molar-refractivity contribution in [1.29, 1.82) is 0 Å². The molecular formula is C27H23F3N4O2. The quantitative estimate of drug-likeness (QED) is 0.404. The van der Waals surface area contributed by atoms with E-state index >= 15 is 0 Å². The number of nitrogens with zero attached hydrogens (tertiary/aromatic N) is 3. The van der Waals surface area contributed by atoms with Crippen molar-refractivity contribution in [3.63, 3.8) is 0 Å². The maximum Gasteiger partial charge on any atom is 0.416 e. The maximum atomic E-state index is 13.3. The number of fused-ring (bicyclic) bond motifs is 1. The molecule has 0 atom stereocenters. The largest absolute Gasteiger partial charge is 0.416 e. The monoisotopic (exact) mass is 492 g/mol. The van der Waals surface area contributed by atoms with Gasteiger partial charge in [0.25, 0.3) is 5.91 Å². The summed E-state index contributed by atoms with van der Waals surface area (Å²) in [5, 5.41) is 3.50. The molecule has 1 N–H and O–H groups in total. The number of para-hydroxylation sites is 1. The molecule has 1 aliphatic rings. The van der Waals surface area contributed by atoms with Gasteiger partial charge in [-0.2, -0.15) is 13.2 Å². The van der Waals surface area contributed by atoms with Crippen molar-refractivity contribution < 1.29 is 22.7 Å². The highest BCUT2D eigenvalue weighted by Gasteiger charge is 2.30. The Morgan fingerprint density at radius 3 is 2.53 bits per heavy atom. The highest BCUT2D eigenvalue weighted by Crippen LogP contribution is 2.34. The van der Waals surface area contributed by atoms with E-state index in [9.17, 15) is 18.0 Å². The number of morpholine rings is 1. The zero-order chi connectivity index (χ0) is 25.1. The highest BCUT2D eigenvalue weighted by molar-refractivity contribution is 6.04. The molecule has 4 aromatic rings. The predicted molar refractivity (Wildman–Crippen MR) is 130 cm³/mol. The van der Waals surface area contributed by atoms with Crippen LogP contribution in [0.2, 0.25) is 0 Å². The summed E-state index contributed by atoms with van der Waals surface area (Å²) < 4.78 is 45.1. The van der Waals surface area contributed by atoms with Crippen LogP contribution in [0.1, 0.15) is 21.7 Å². The van der Waals surface area contributed by atoms with E-state index in [1.54, 1.807) is 42.5 Å². The first kappa shape index (κ1) is 23.9. The number of carbonyl (C=O) groups is 1. The molecule has 0 radical (unpaired) electrons. The summed E-state index contributed by atoms with van der Waals surface area (Å²) in [4.78, 5) is 24.3. The molecule has 3 heterocycles. The summed E-state index contributed by atoms with van der Waals surface area (Å²) in [5.41, 5.74) is 1.56. The Hall–Kier alpha value is -3.82. The minimum absolute atomic E-state index is 0.141. The van der Waals surface area contributed by atoms with Gasteiger partial charge in [0.15, 0.2) is 0 Å². The molecule has 36 heavy (non-hydrogen) atoms. The average Bonchev–Trinajstić information content (AvgIpc) is 2.88. The van der Waals surface area contributed by atoms with Crippen molar-refractivity contribution in [2.75, 3.05) is 31.6 Å². The number of aromatic nitrogens is 2. The number of amides is 1. The maximum absolute atomic E-state index is 13.3. The van der Waals surface area contributed by atoms with E-state index in [2.05, 4.69) is 20.2 Å². The van der Waals surface area contributed by atoms with E-state index in [0.717, 1.165) is 30.9 Å². The SMILES string of the molecule is O=C(Nc1cccc(CN2CCOCC2)n1)c1ccc2cccc(-c3cccc(C(F)(F)F)c3)c2n1. The lowest BCUT2D eigenvalue weighted by Crippen LogP contribution is -2.35. The third kappa shape index (κ3) is 5.37. The molecule has 1 fully saturated rings. The normalized spacial score (nSPS) is 14.6. The number of benzene rings is 2. The molecule has 2 aromatic carbocycles. The highest BCUT2D eigenvalue weighted by atomic mass is 19.4. The zero-order valence-corrected chi connectivity index (χ0v) is 19.3. The molecule has 1 saturated heterocycles. The fourth-order valence-corrected chi connectivity index (χ4v) is 4.18. The first-order valence-corrected chi connectivity index (χ1v) is 11.5. The first-order valence-electron chi connectivity index (χ1n) is 11.5. The van der Waals surface area contributed by atoms with Gasteiger partial charge in [-0.3, -0.25) is 9.69 Å². The van der Waals surface area contributed by atoms with E-state index in [4.69, 9.17) is 4.74 Å². The van der Waals surface area contributed by atoms with Crippen LogP contribution < -0.4 is 5.32 Å². The molecule has 0 spiro atoms. The topological polar surface area (TPSA) is 67.4 Å². The van der Waals surface area contributed by atoms with Gasteiger partial charge in [-0.1, -0.05) is 42.5 Å². The van der Waals surface area contributed by atoms with Crippen molar-refractivity contribution in [3.05, 3.63) is 89.7 Å². The van der Waals surface area contributed by atoms with Gasteiger partial charge in [0.05, 0.1) is 30.0 Å². The summed E-state index contributed by atoms with van der Waals surface area (Å²) in [7, 11) is 0. The van der Waals surface area contributed by atoms with Crippen LogP contribution in [-0.4, -0.2) is 47.1 Å². The van der Waals surface area contributed by atoms with Gasteiger partial charge in [-0.05, 0) is 35.9 Å². The molecule has 5 rings (SSSR count). The molecule has 184 valence electrons. The summed E-state index contributed by atoms with van der Waals surface area (Å²) in [5.74, 6) is -0.0504. The lowest BCUT2D eigenvalue weighted by Gasteiger charge is -2.26. The lowest BCUT2D eigenvalue weighted by atomic mass is 9.99. The van der Waals surface area contributed by atoms with Crippen LogP contribution in [0, 0.1) is 0 Å². The van der Waals surface area contributed by atoms with Crippen LogP contribution in [0.25, 0.3) is 22.0 Å². The van der Waals surface area contributed by atoms with Crippen molar-refractivity contribution in [1.82, 2.24) is 14.9 Å². The first-order chi connectivity index (χ1) is 17.4. The molecule has 2 aromatic heterocycles. The predicted octanol–water partition coefficient (Wildman–Crippen LogP) is 5.40. The second-order valence-electron chi connectivity index (χ2n) is 8.51. The van der Waals surface area contributed by atoms with Gasteiger partial charge < -0.3 is 10.1 Å². The lowest BCUT2D eigenvalue weighted by molar-refractivity contribution is -0.137. The molecule has 0 aliphatic carbocycles. The number of anilines is 1. The van der Waals surface area contributed by atoms with Gasteiger partial charge in [0.1, 0.15) is 11.5 Å². The molecule has 0 unspecified atom stereocenters. The van der Waals surface area contributed by atoms with E-state index in [0.29, 0.717) is 47.6 Å². The van der Waals surface area contributed by atoms with Crippen LogP contribution in [-0.2, 0) is 17.5 Å². The Morgan fingerprint density at radius 1 is 0.944 bits per heavy atom. The Balaban J connectivity index is 1.40. The number of ether oxygens (including phenoxy) is 1. The minimum atomic E-state index is -4.46. The Bertz CT molecular complexity index is 1400. The summed E-state index contributed by atoms with van der Waals surface area (Å²) in [6.07, 6.45) is -4.46. The average molecular weight is 493 g/mol. The van der Waals surface area contributed by atoms with Gasteiger partial charge >= 0.3 is 6.18 Å². The molecular weight excluding hydrogens is 469 g/mol. The zero-order valence-electron chi connectivity index (χ0n) is 19.3. The van der Waals surface area contributed by atoms with Crippen LogP contribution in [0.5, 0.6) is 0 Å². The van der Waals surface area contributed by atoms with Crippen molar-refractivity contribution in [2.24, 2.45) is 0 Å². The number of carbonyl (C=O) groups excluding carboxylic acids is 1. The van der Waals surface area contributed by atoms with Crippen LogP contribution in [0.3, 0.4) is 0 Å². The van der Waals surface area contributed by atoms with E-state index < -0.39 is 17.6 Å². The van der Waals surface area contributed by atoms with Crippen LogP contribution in [0.15, 0.2) is 72.8 Å². The fourth-order valence-electron chi connectivity index (χ4n) is 4.18. The Morgan fingerprint density at radius 2 is 1.72 bits per heavy atom. The Kier molecular flexibility index (Phi) is 6.67. The van der Waals surface area contributed by atoms with Crippen molar-refractivity contribution in [2.45, 2.75) is 12.7 Å². The summed E-state index contributed by atoms with van der Waals surface area (Å²) in [6.45, 7) is 3.68. The molecule has 1 amide bonds. The number of halogens is 3. The second-order valence-corrected chi connectivity index (χ2v) is 8.51. The third-order valence-corrected chi connectivity index (χ3v) is 5.99. The van der Waals surface area contributed by atoms with Crippen LogP contribution >= 0.6 is 0 Å². The number of alkyl halides is 3. The molecule has 1 aliphatic heterocycles. The molecule has 9 heteroatoms. The van der Waals surface area contributed by atoms with Gasteiger partial charge in [-0.25, -0.2) is 9.97 Å². The van der Waals surface area contributed by atoms with Gasteiger partial charge in [0.2, 0.25) is 0 Å². The number of pyridine rings is 2. The number of hydrogen-bond acceptors (Lipinski definition) is 5. The molecule has 0 bridgehead atoms. The minimum Gasteiger partial charge on any atom is -0.379 e. The third-order valence-electron chi connectivity index (χ3n) is 5.99. The fraction of sp³-hybridized carbons (Fsp3) is 0.222. The van der Waals surface area contributed by atoms with Crippen molar-refractivity contribution in [3.8, 4) is 11.1 Å². The number of nitrogens with one attached hydrogen (secondary N) is 1. The van der Waals surface area contributed by atoms with Crippen LogP contribution in [0.4, 0.5) is 19.0 Å². The van der Waals surface area contributed by atoms with Gasteiger partial charge in [-0.15, -0.1) is 0 Å². The second kappa shape index (κ2) is 10.0. The Labute approximate surface area is 205 Å². The summed E-state index contributed by atoms with van der Waals surface area (Å²) in [6, 6.07) is 19.1. The summed E-state index contributed by atoms with van der Waals surface area (Å²) >= 11 is 0.